The van der Waals surface area contributed by atoms with Crippen LogP contribution in [-0.2, 0) is 7.05 Å². The van der Waals surface area contributed by atoms with Crippen molar-refractivity contribution in [1.82, 2.24) is 15.1 Å². The van der Waals surface area contributed by atoms with E-state index in [1.807, 2.05) is 11.7 Å². The SMILES string of the molecule is CCCNC(c1cc(Br)ccc1C)c1c(Cl)cnn1C. The van der Waals surface area contributed by atoms with E-state index in [0.717, 1.165) is 23.1 Å². The Morgan fingerprint density at radius 2 is 2.20 bits per heavy atom. The Labute approximate surface area is 133 Å². The topological polar surface area (TPSA) is 29.9 Å². The van der Waals surface area contributed by atoms with E-state index in [2.05, 4.69) is 58.4 Å². The molecule has 0 aliphatic carbocycles. The highest BCUT2D eigenvalue weighted by Gasteiger charge is 2.22. The van der Waals surface area contributed by atoms with Crippen molar-refractivity contribution in [1.29, 1.82) is 0 Å². The Balaban J connectivity index is 2.50. The van der Waals surface area contributed by atoms with Gasteiger partial charge in [-0.1, -0.05) is 40.5 Å². The zero-order chi connectivity index (χ0) is 14.7. The first-order chi connectivity index (χ1) is 9.54. The minimum atomic E-state index is 0.0486. The van der Waals surface area contributed by atoms with Crippen LogP contribution in [-0.4, -0.2) is 16.3 Å². The standard InChI is InChI=1S/C15H19BrClN3/c1-4-7-18-14(15-13(17)9-19-20(15)3)12-8-11(16)6-5-10(12)2/h5-6,8-9,14,18H,4,7H2,1-3H3. The van der Waals surface area contributed by atoms with E-state index < -0.39 is 0 Å². The first kappa shape index (κ1) is 15.5. The fourth-order valence-corrected chi connectivity index (χ4v) is 2.96. The second-order valence-electron chi connectivity index (χ2n) is 4.89. The van der Waals surface area contributed by atoms with Crippen molar-refractivity contribution in [2.75, 3.05) is 6.54 Å². The van der Waals surface area contributed by atoms with E-state index in [1.165, 1.54) is 11.1 Å². The highest BCUT2D eigenvalue weighted by atomic mass is 79.9. The second kappa shape index (κ2) is 6.74. The van der Waals surface area contributed by atoms with E-state index >= 15 is 0 Å². The first-order valence-electron chi connectivity index (χ1n) is 6.71. The molecule has 0 amide bonds. The highest BCUT2D eigenvalue weighted by Crippen LogP contribution is 2.31. The van der Waals surface area contributed by atoms with Crippen LogP contribution in [0.2, 0.25) is 5.02 Å². The number of hydrogen-bond donors (Lipinski definition) is 1. The Morgan fingerprint density at radius 3 is 2.80 bits per heavy atom. The predicted molar refractivity (Wildman–Crippen MR) is 87.2 cm³/mol. The summed E-state index contributed by atoms with van der Waals surface area (Å²) >= 11 is 9.88. The largest absolute Gasteiger partial charge is 0.305 e. The van der Waals surface area contributed by atoms with Gasteiger partial charge in [0.15, 0.2) is 0 Å². The smallest absolute Gasteiger partial charge is 0.0837 e. The molecule has 0 spiro atoms. The molecule has 1 unspecified atom stereocenters. The molecule has 1 aromatic heterocycles. The van der Waals surface area contributed by atoms with Crippen molar-refractivity contribution < 1.29 is 0 Å². The summed E-state index contributed by atoms with van der Waals surface area (Å²) in [5, 5.41) is 8.52. The lowest BCUT2D eigenvalue weighted by molar-refractivity contribution is 0.552. The van der Waals surface area contributed by atoms with Crippen molar-refractivity contribution in [3.63, 3.8) is 0 Å². The van der Waals surface area contributed by atoms with E-state index in [1.54, 1.807) is 6.20 Å². The molecule has 2 rings (SSSR count). The summed E-state index contributed by atoms with van der Waals surface area (Å²) in [7, 11) is 1.93. The summed E-state index contributed by atoms with van der Waals surface area (Å²) in [6, 6.07) is 6.36. The lowest BCUT2D eigenvalue weighted by Gasteiger charge is -2.22. The third kappa shape index (κ3) is 3.25. The molecule has 108 valence electrons. The van der Waals surface area contributed by atoms with Gasteiger partial charge in [-0.05, 0) is 43.1 Å². The fourth-order valence-electron chi connectivity index (χ4n) is 2.31. The average molecular weight is 357 g/mol. The molecule has 0 radical (unpaired) electrons. The van der Waals surface area contributed by atoms with Crippen LogP contribution in [0.4, 0.5) is 0 Å². The molecule has 2 aromatic rings. The third-order valence-electron chi connectivity index (χ3n) is 3.36. The maximum Gasteiger partial charge on any atom is 0.0837 e. The van der Waals surface area contributed by atoms with Crippen LogP contribution >= 0.6 is 27.5 Å². The summed E-state index contributed by atoms with van der Waals surface area (Å²) in [5.41, 5.74) is 3.46. The number of aryl methyl sites for hydroxylation is 2. The van der Waals surface area contributed by atoms with Gasteiger partial charge < -0.3 is 5.32 Å². The summed E-state index contributed by atoms with van der Waals surface area (Å²) in [6.07, 6.45) is 2.77. The monoisotopic (exact) mass is 355 g/mol. The highest BCUT2D eigenvalue weighted by molar-refractivity contribution is 9.10. The molecule has 3 nitrogen and oxygen atoms in total. The van der Waals surface area contributed by atoms with Crippen LogP contribution in [0.1, 0.15) is 36.2 Å². The maximum absolute atomic E-state index is 6.33. The molecule has 1 atom stereocenters. The van der Waals surface area contributed by atoms with Crippen LogP contribution in [0.15, 0.2) is 28.9 Å². The summed E-state index contributed by atoms with van der Waals surface area (Å²) in [5.74, 6) is 0. The van der Waals surface area contributed by atoms with Crippen molar-refractivity contribution >= 4 is 27.5 Å². The van der Waals surface area contributed by atoms with E-state index in [-0.39, 0.29) is 6.04 Å². The minimum absolute atomic E-state index is 0.0486. The lowest BCUT2D eigenvalue weighted by Crippen LogP contribution is -2.26. The van der Waals surface area contributed by atoms with Crippen molar-refractivity contribution in [2.24, 2.45) is 7.05 Å². The quantitative estimate of drug-likeness (QED) is 0.868. The van der Waals surface area contributed by atoms with Crippen LogP contribution in [0, 0.1) is 6.92 Å². The molecule has 1 heterocycles. The van der Waals surface area contributed by atoms with Gasteiger partial charge in [0.1, 0.15) is 0 Å². The van der Waals surface area contributed by atoms with E-state index in [0.29, 0.717) is 5.02 Å². The van der Waals surface area contributed by atoms with Crippen LogP contribution in [0.25, 0.3) is 0 Å². The van der Waals surface area contributed by atoms with Gasteiger partial charge in [-0.2, -0.15) is 5.10 Å². The van der Waals surface area contributed by atoms with Gasteiger partial charge in [0.2, 0.25) is 0 Å². The third-order valence-corrected chi connectivity index (χ3v) is 4.15. The molecular formula is C15H19BrClN3. The van der Waals surface area contributed by atoms with Crippen LogP contribution in [0.5, 0.6) is 0 Å². The van der Waals surface area contributed by atoms with Gasteiger partial charge in [-0.25, -0.2) is 0 Å². The van der Waals surface area contributed by atoms with Gasteiger partial charge in [-0.3, -0.25) is 4.68 Å². The number of benzene rings is 1. The molecule has 0 bridgehead atoms. The van der Waals surface area contributed by atoms with Gasteiger partial charge in [0.25, 0.3) is 0 Å². The van der Waals surface area contributed by atoms with Crippen LogP contribution in [0.3, 0.4) is 0 Å². The van der Waals surface area contributed by atoms with E-state index in [9.17, 15) is 0 Å². The van der Waals surface area contributed by atoms with Gasteiger partial charge in [0.05, 0.1) is 23.0 Å². The Bertz CT molecular complexity index is 575. The summed E-state index contributed by atoms with van der Waals surface area (Å²) < 4.78 is 2.91. The number of nitrogens with one attached hydrogen (secondary N) is 1. The first-order valence-corrected chi connectivity index (χ1v) is 7.88. The number of aromatic nitrogens is 2. The lowest BCUT2D eigenvalue weighted by atomic mass is 9.98. The van der Waals surface area contributed by atoms with Crippen molar-refractivity contribution in [3.8, 4) is 0 Å². The zero-order valence-electron chi connectivity index (χ0n) is 12.0. The molecule has 0 aliphatic heterocycles. The van der Waals surface area contributed by atoms with Gasteiger partial charge in [-0.15, -0.1) is 0 Å². The molecular weight excluding hydrogens is 338 g/mol. The van der Waals surface area contributed by atoms with Gasteiger partial charge in [0, 0.05) is 11.5 Å². The van der Waals surface area contributed by atoms with Gasteiger partial charge >= 0.3 is 0 Å². The fraction of sp³-hybridized carbons (Fsp3) is 0.400. The Hall–Kier alpha value is -0.840. The second-order valence-corrected chi connectivity index (χ2v) is 6.21. The molecule has 0 fully saturated rings. The normalized spacial score (nSPS) is 12.7. The van der Waals surface area contributed by atoms with Crippen molar-refractivity contribution in [2.45, 2.75) is 26.3 Å². The molecule has 20 heavy (non-hydrogen) atoms. The number of rotatable bonds is 5. The van der Waals surface area contributed by atoms with Crippen LogP contribution < -0.4 is 5.32 Å². The molecule has 0 aliphatic rings. The zero-order valence-corrected chi connectivity index (χ0v) is 14.3. The molecule has 1 aromatic carbocycles. The number of hydrogen-bond acceptors (Lipinski definition) is 2. The molecule has 0 saturated heterocycles. The average Bonchev–Trinajstić information content (AvgIpc) is 2.74. The Kier molecular flexibility index (Phi) is 5.24. The van der Waals surface area contributed by atoms with E-state index in [4.69, 9.17) is 11.6 Å². The minimum Gasteiger partial charge on any atom is -0.305 e. The number of nitrogens with zero attached hydrogens (tertiary/aromatic N) is 2. The predicted octanol–water partition coefficient (Wildman–Crippen LogP) is 4.23. The van der Waals surface area contributed by atoms with Crippen molar-refractivity contribution in [3.05, 3.63) is 50.7 Å². The summed E-state index contributed by atoms with van der Waals surface area (Å²) in [6.45, 7) is 5.20. The molecule has 0 saturated carbocycles. The summed E-state index contributed by atoms with van der Waals surface area (Å²) in [4.78, 5) is 0. The number of halogens is 2. The molecule has 1 N–H and O–H groups in total. The Morgan fingerprint density at radius 1 is 1.45 bits per heavy atom. The molecule has 5 heteroatoms. The maximum atomic E-state index is 6.33.